The summed E-state index contributed by atoms with van der Waals surface area (Å²) >= 11 is 0. The van der Waals surface area contributed by atoms with E-state index in [1.54, 1.807) is 29.4 Å². The van der Waals surface area contributed by atoms with Gasteiger partial charge in [-0.3, -0.25) is 9.78 Å². The first-order valence-corrected chi connectivity index (χ1v) is 8.12. The van der Waals surface area contributed by atoms with E-state index in [0.29, 0.717) is 31.7 Å². The van der Waals surface area contributed by atoms with Gasteiger partial charge in [0.15, 0.2) is 0 Å². The number of benzene rings is 1. The summed E-state index contributed by atoms with van der Waals surface area (Å²) in [4.78, 5) is 18.4. The zero-order valence-corrected chi connectivity index (χ0v) is 13.8. The van der Waals surface area contributed by atoms with Gasteiger partial charge in [-0.15, -0.1) is 0 Å². The predicted molar refractivity (Wildman–Crippen MR) is 90.8 cm³/mol. The summed E-state index contributed by atoms with van der Waals surface area (Å²) in [7, 11) is 0. The first-order valence-electron chi connectivity index (χ1n) is 8.12. The van der Waals surface area contributed by atoms with Crippen LogP contribution in [-0.2, 0) is 11.2 Å². The maximum atomic E-state index is 12.7. The van der Waals surface area contributed by atoms with Gasteiger partial charge < -0.3 is 14.7 Å². The van der Waals surface area contributed by atoms with E-state index in [0.717, 1.165) is 11.1 Å². The molecule has 1 saturated heterocycles. The van der Waals surface area contributed by atoms with Crippen molar-refractivity contribution in [2.75, 3.05) is 26.3 Å². The van der Waals surface area contributed by atoms with Crippen molar-refractivity contribution in [2.45, 2.75) is 18.9 Å². The van der Waals surface area contributed by atoms with Gasteiger partial charge in [-0.2, -0.15) is 0 Å². The predicted octanol–water partition coefficient (Wildman–Crippen LogP) is 1.84. The molecule has 126 valence electrons. The zero-order chi connectivity index (χ0) is 17.0. The third-order valence-corrected chi connectivity index (χ3v) is 4.52. The Morgan fingerprint density at radius 1 is 1.29 bits per heavy atom. The molecule has 0 saturated carbocycles. The number of hydrogen-bond donors (Lipinski definition) is 1. The number of carbonyl (C=O) groups excluding carboxylic acids is 1. The minimum Gasteiger partial charge on any atom is -0.393 e. The van der Waals surface area contributed by atoms with Crippen molar-refractivity contribution in [1.29, 1.82) is 0 Å². The second kappa shape index (κ2) is 7.11. The topological polar surface area (TPSA) is 62.7 Å². The minimum atomic E-state index is -0.757. The Hall–Kier alpha value is -2.24. The van der Waals surface area contributed by atoms with Crippen LogP contribution in [0.3, 0.4) is 0 Å². The zero-order valence-electron chi connectivity index (χ0n) is 13.8. The smallest absolute Gasteiger partial charge is 0.254 e. The second-order valence-corrected chi connectivity index (χ2v) is 6.26. The molecule has 5 heteroatoms. The van der Waals surface area contributed by atoms with Crippen molar-refractivity contribution in [3.05, 3.63) is 65.5 Å². The van der Waals surface area contributed by atoms with Crippen molar-refractivity contribution in [2.24, 2.45) is 0 Å². The molecule has 0 bridgehead atoms. The standard InChI is InChI=1S/C19H22N2O3/c1-15-4-2-3-5-17(15)12-19(14-22)13-21(10-11-24-19)18(23)16-6-8-20-9-7-16/h2-9,22H,10-14H2,1H3/t19-/m0/s1. The van der Waals surface area contributed by atoms with Gasteiger partial charge in [0, 0.05) is 30.9 Å². The van der Waals surface area contributed by atoms with Gasteiger partial charge in [-0.05, 0) is 30.2 Å². The van der Waals surface area contributed by atoms with Crippen LogP contribution in [0.15, 0.2) is 48.8 Å². The van der Waals surface area contributed by atoms with Crippen LogP contribution in [-0.4, -0.2) is 52.8 Å². The SMILES string of the molecule is Cc1ccccc1C[C@@]1(CO)CN(C(=O)c2ccncc2)CCO1. The molecule has 0 spiro atoms. The first-order chi connectivity index (χ1) is 11.6. The lowest BCUT2D eigenvalue weighted by molar-refractivity contribution is -0.123. The quantitative estimate of drug-likeness (QED) is 0.931. The summed E-state index contributed by atoms with van der Waals surface area (Å²) in [6.07, 6.45) is 3.80. The van der Waals surface area contributed by atoms with Gasteiger partial charge in [-0.25, -0.2) is 0 Å². The van der Waals surface area contributed by atoms with Crippen LogP contribution in [0.5, 0.6) is 0 Å². The highest BCUT2D eigenvalue weighted by Gasteiger charge is 2.38. The Kier molecular flexibility index (Phi) is 4.92. The van der Waals surface area contributed by atoms with Gasteiger partial charge in [0.2, 0.25) is 0 Å². The molecule has 1 amide bonds. The molecule has 24 heavy (non-hydrogen) atoms. The number of aromatic nitrogens is 1. The number of morpholine rings is 1. The fraction of sp³-hybridized carbons (Fsp3) is 0.368. The number of rotatable bonds is 4. The number of pyridine rings is 1. The van der Waals surface area contributed by atoms with E-state index < -0.39 is 5.60 Å². The van der Waals surface area contributed by atoms with E-state index >= 15 is 0 Å². The summed E-state index contributed by atoms with van der Waals surface area (Å²) in [6, 6.07) is 11.5. The van der Waals surface area contributed by atoms with Crippen LogP contribution in [0.4, 0.5) is 0 Å². The minimum absolute atomic E-state index is 0.0525. The lowest BCUT2D eigenvalue weighted by Gasteiger charge is -2.42. The van der Waals surface area contributed by atoms with E-state index in [9.17, 15) is 9.90 Å². The number of nitrogens with zero attached hydrogens (tertiary/aromatic N) is 2. The summed E-state index contributed by atoms with van der Waals surface area (Å²) < 4.78 is 5.93. The number of ether oxygens (including phenoxy) is 1. The number of carbonyl (C=O) groups is 1. The van der Waals surface area contributed by atoms with Crippen LogP contribution < -0.4 is 0 Å². The van der Waals surface area contributed by atoms with Crippen molar-refractivity contribution in [1.82, 2.24) is 9.88 Å². The molecule has 1 N–H and O–H groups in total. The highest BCUT2D eigenvalue weighted by Crippen LogP contribution is 2.25. The summed E-state index contributed by atoms with van der Waals surface area (Å²) in [5.41, 5.74) is 2.14. The molecule has 0 radical (unpaired) electrons. The molecule has 2 heterocycles. The van der Waals surface area contributed by atoms with Crippen LogP contribution >= 0.6 is 0 Å². The molecular formula is C19H22N2O3. The number of aryl methyl sites for hydroxylation is 1. The number of aliphatic hydroxyl groups is 1. The van der Waals surface area contributed by atoms with Crippen LogP contribution in [0.1, 0.15) is 21.5 Å². The van der Waals surface area contributed by atoms with Crippen molar-refractivity contribution >= 4 is 5.91 Å². The summed E-state index contributed by atoms with van der Waals surface area (Å²) in [5, 5.41) is 9.99. The second-order valence-electron chi connectivity index (χ2n) is 6.26. The molecule has 1 atom stereocenters. The van der Waals surface area contributed by atoms with Gasteiger partial charge in [-0.1, -0.05) is 24.3 Å². The van der Waals surface area contributed by atoms with E-state index in [1.165, 1.54) is 0 Å². The van der Waals surface area contributed by atoms with Gasteiger partial charge in [0.25, 0.3) is 5.91 Å². The van der Waals surface area contributed by atoms with E-state index in [-0.39, 0.29) is 12.5 Å². The summed E-state index contributed by atoms with van der Waals surface area (Å²) in [5.74, 6) is -0.0525. The molecular weight excluding hydrogens is 304 g/mol. The third-order valence-electron chi connectivity index (χ3n) is 4.52. The third kappa shape index (κ3) is 3.47. The highest BCUT2D eigenvalue weighted by molar-refractivity contribution is 5.94. The monoisotopic (exact) mass is 326 g/mol. The molecule has 3 rings (SSSR count). The molecule has 5 nitrogen and oxygen atoms in total. The molecule has 1 aliphatic rings. The van der Waals surface area contributed by atoms with Crippen LogP contribution in [0.2, 0.25) is 0 Å². The van der Waals surface area contributed by atoms with E-state index in [1.807, 2.05) is 31.2 Å². The van der Waals surface area contributed by atoms with Gasteiger partial charge in [0.1, 0.15) is 5.60 Å². The summed E-state index contributed by atoms with van der Waals surface area (Å²) in [6.45, 7) is 3.24. The van der Waals surface area contributed by atoms with E-state index in [4.69, 9.17) is 4.74 Å². The van der Waals surface area contributed by atoms with Gasteiger partial charge >= 0.3 is 0 Å². The fourth-order valence-electron chi connectivity index (χ4n) is 3.11. The Bertz CT molecular complexity index is 705. The number of hydrogen-bond acceptors (Lipinski definition) is 4. The van der Waals surface area contributed by atoms with Crippen molar-refractivity contribution < 1.29 is 14.6 Å². The fourth-order valence-corrected chi connectivity index (χ4v) is 3.11. The average molecular weight is 326 g/mol. The molecule has 0 unspecified atom stereocenters. The molecule has 1 aromatic carbocycles. The molecule has 2 aromatic rings. The Balaban J connectivity index is 1.79. The largest absolute Gasteiger partial charge is 0.393 e. The number of aliphatic hydroxyl groups excluding tert-OH is 1. The molecule has 1 fully saturated rings. The Labute approximate surface area is 141 Å². The lowest BCUT2D eigenvalue weighted by atomic mass is 9.90. The maximum Gasteiger partial charge on any atom is 0.254 e. The maximum absolute atomic E-state index is 12.7. The number of amides is 1. The highest BCUT2D eigenvalue weighted by atomic mass is 16.5. The average Bonchev–Trinajstić information content (AvgIpc) is 2.64. The van der Waals surface area contributed by atoms with Crippen molar-refractivity contribution in [3.63, 3.8) is 0 Å². The van der Waals surface area contributed by atoms with Crippen molar-refractivity contribution in [3.8, 4) is 0 Å². The molecule has 1 aliphatic heterocycles. The normalized spacial score (nSPS) is 20.8. The molecule has 1 aromatic heterocycles. The lowest BCUT2D eigenvalue weighted by Crippen LogP contribution is -2.56. The van der Waals surface area contributed by atoms with E-state index in [2.05, 4.69) is 4.98 Å². The Morgan fingerprint density at radius 2 is 2.04 bits per heavy atom. The molecule has 0 aliphatic carbocycles. The van der Waals surface area contributed by atoms with Gasteiger partial charge in [0.05, 0.1) is 19.8 Å². The van der Waals surface area contributed by atoms with Crippen LogP contribution in [0, 0.1) is 6.92 Å². The van der Waals surface area contributed by atoms with Crippen LogP contribution in [0.25, 0.3) is 0 Å². The Morgan fingerprint density at radius 3 is 2.75 bits per heavy atom. The first kappa shape index (κ1) is 16.6.